The minimum atomic E-state index is -4.43. The number of ether oxygens (including phenoxy) is 3. The molecule has 4 fully saturated rings. The average molecular weight is 745 g/mol. The fourth-order valence-corrected chi connectivity index (χ4v) is 9.35. The number of aromatic nitrogens is 9. The molecule has 2 unspecified atom stereocenters. The van der Waals surface area contributed by atoms with Gasteiger partial charge in [0.1, 0.15) is 47.5 Å². The number of nitrogens with zero attached hydrogens (tertiary/aromatic N) is 8. The summed E-state index contributed by atoms with van der Waals surface area (Å²) in [5, 5.41) is 0. The van der Waals surface area contributed by atoms with E-state index < -0.39 is 80.9 Å². The number of alkyl halides is 1. The van der Waals surface area contributed by atoms with E-state index in [1.54, 1.807) is 4.57 Å². The normalized spacial score (nSPS) is 38.7. The van der Waals surface area contributed by atoms with Crippen LogP contribution in [0.15, 0.2) is 36.2 Å². The van der Waals surface area contributed by atoms with Gasteiger partial charge in [0.15, 0.2) is 35.6 Å². The van der Waals surface area contributed by atoms with Crippen LogP contribution < -0.4 is 11.3 Å². The Morgan fingerprint density at radius 3 is 2.75 bits per heavy atom. The largest absolute Gasteiger partial charge is 0.386 e. The minimum Gasteiger partial charge on any atom is -0.382 e. The summed E-state index contributed by atoms with van der Waals surface area (Å²) in [6.45, 7) is -9.87. The van der Waals surface area contributed by atoms with E-state index in [2.05, 4.69) is 42.2 Å². The van der Waals surface area contributed by atoms with E-state index in [1.165, 1.54) is 40.3 Å². The monoisotopic (exact) mass is 744 g/mol. The molecule has 4 N–H and O–H groups in total. The Kier molecular flexibility index (Phi) is 6.99. The summed E-state index contributed by atoms with van der Waals surface area (Å²) in [6, 6.07) is 0. The number of imidazole rings is 3. The van der Waals surface area contributed by atoms with Crippen molar-refractivity contribution < 1.29 is 46.2 Å². The number of fused-ring (bicyclic) bond motifs is 5. The average Bonchev–Trinajstić information content (AvgIpc) is 3.89. The van der Waals surface area contributed by atoms with E-state index in [1.807, 2.05) is 0 Å². The van der Waals surface area contributed by atoms with Crippen LogP contribution in [0, 0.1) is 0 Å². The molecule has 9 heterocycles. The number of nitrogens with one attached hydrogen (secondary N) is 1. The number of anilines is 1. The number of thiol groups is 1. The van der Waals surface area contributed by atoms with Crippen LogP contribution in [-0.2, 0) is 48.7 Å². The lowest BCUT2D eigenvalue weighted by Gasteiger charge is -2.33. The van der Waals surface area contributed by atoms with E-state index >= 15 is 4.39 Å². The minimum absolute atomic E-state index is 0.00869. The Morgan fingerprint density at radius 1 is 1.08 bits per heavy atom. The van der Waals surface area contributed by atoms with Crippen molar-refractivity contribution in [3.63, 3.8) is 0 Å². The zero-order valence-corrected chi connectivity index (χ0v) is 27.5. The molecule has 0 aromatic carbocycles. The smallest absolute Gasteiger partial charge is 0.382 e. The van der Waals surface area contributed by atoms with Gasteiger partial charge in [-0.05, 0) is 11.8 Å². The fourth-order valence-electron chi connectivity index (χ4n) is 6.43. The summed E-state index contributed by atoms with van der Waals surface area (Å²) >= 11 is 9.49. The van der Waals surface area contributed by atoms with E-state index in [0.29, 0.717) is 11.2 Å². The predicted octanol–water partition coefficient (Wildman–Crippen LogP) is 0.768. The molecule has 4 aliphatic rings. The molecule has 4 bridgehead atoms. The quantitative estimate of drug-likeness (QED) is 0.144. The van der Waals surface area contributed by atoms with Gasteiger partial charge in [-0.1, -0.05) is 12.2 Å². The van der Waals surface area contributed by atoms with Gasteiger partial charge in [-0.25, -0.2) is 38.3 Å². The van der Waals surface area contributed by atoms with Crippen LogP contribution in [0.2, 0.25) is 0 Å². The third kappa shape index (κ3) is 4.72. The lowest BCUT2D eigenvalue weighted by atomic mass is 10.0. The van der Waals surface area contributed by atoms with Crippen molar-refractivity contribution in [1.82, 2.24) is 43.4 Å². The van der Waals surface area contributed by atoms with Crippen molar-refractivity contribution in [2.75, 3.05) is 25.6 Å². The number of hydrogen-bond acceptors (Lipinski definition) is 16. The first kappa shape index (κ1) is 31.1. The molecule has 48 heavy (non-hydrogen) atoms. The Morgan fingerprint density at radius 2 is 1.90 bits per heavy atom. The molecule has 25 heteroatoms. The maximum absolute atomic E-state index is 16.1. The molecule has 20 nitrogen and oxygen atoms in total. The Hall–Kier alpha value is -2.92. The second-order valence-electron chi connectivity index (χ2n) is 11.4. The molecular formula is C23H23FN10O10P2S2. The number of H-pyrrole nitrogens is 1. The molecule has 0 amide bonds. The third-order valence-corrected chi connectivity index (χ3v) is 11.8. The Bertz CT molecular complexity index is 2270. The first-order valence-corrected chi connectivity index (χ1v) is 19.5. The number of nitrogen functional groups attached to an aromatic ring is 1. The van der Waals surface area contributed by atoms with Crippen LogP contribution in [0.4, 0.5) is 10.2 Å². The van der Waals surface area contributed by atoms with Gasteiger partial charge in [0, 0.05) is 12.4 Å². The van der Waals surface area contributed by atoms with E-state index in [-0.39, 0.29) is 29.4 Å². The number of rotatable bonds is 2. The highest BCUT2D eigenvalue weighted by atomic mass is 32.7. The molecule has 9 rings (SSSR count). The highest BCUT2D eigenvalue weighted by Crippen LogP contribution is 2.61. The fraction of sp³-hybridized carbons (Fsp3) is 0.478. The lowest BCUT2D eigenvalue weighted by Crippen LogP contribution is -2.45. The Labute approximate surface area is 276 Å². The molecule has 0 radical (unpaired) electrons. The number of aromatic amines is 1. The van der Waals surface area contributed by atoms with E-state index in [0.717, 1.165) is 0 Å². The summed E-state index contributed by atoms with van der Waals surface area (Å²) in [7, 11) is 0. The summed E-state index contributed by atoms with van der Waals surface area (Å²) in [5.41, 5.74) is 4.68. The van der Waals surface area contributed by atoms with Gasteiger partial charge in [-0.3, -0.25) is 27.5 Å². The van der Waals surface area contributed by atoms with Crippen molar-refractivity contribution in [1.29, 1.82) is 0 Å². The molecule has 4 aliphatic heterocycles. The molecule has 5 aromatic heterocycles. The van der Waals surface area contributed by atoms with E-state index in [4.69, 9.17) is 49.8 Å². The van der Waals surface area contributed by atoms with Gasteiger partial charge in [0.25, 0.3) is 5.56 Å². The molecule has 4 saturated heterocycles. The number of nitrogens with two attached hydrogens (primary N) is 1. The van der Waals surface area contributed by atoms with Gasteiger partial charge < -0.3 is 34.3 Å². The van der Waals surface area contributed by atoms with Crippen molar-refractivity contribution in [2.24, 2.45) is 0 Å². The summed E-state index contributed by atoms with van der Waals surface area (Å²) in [4.78, 5) is 47.9. The maximum Gasteiger partial charge on any atom is 0.386 e. The van der Waals surface area contributed by atoms with Crippen LogP contribution >= 0.6 is 25.8 Å². The molecule has 0 spiro atoms. The van der Waals surface area contributed by atoms with Crippen LogP contribution in [0.1, 0.15) is 12.5 Å². The SMILES string of the molecule is Nc1ncnc2c1ncn2[C@@H]1O[C@@]23CO[C@@H]1[C@@H]2OP(O)(=S)OC[C@H]1O[C@@H](n2cnc4c(=O)n5ccnc5[nH]c42)[C@H](OP(=O)(S)OC3)[C@@H]1F. The van der Waals surface area contributed by atoms with Gasteiger partial charge in [-0.2, -0.15) is 0 Å². The predicted molar refractivity (Wildman–Crippen MR) is 165 cm³/mol. The highest BCUT2D eigenvalue weighted by Gasteiger charge is 2.65. The van der Waals surface area contributed by atoms with Gasteiger partial charge in [0.05, 0.1) is 32.5 Å². The summed E-state index contributed by atoms with van der Waals surface area (Å²) < 4.78 is 75.4. The molecule has 5 aromatic rings. The van der Waals surface area contributed by atoms with E-state index in [9.17, 15) is 14.3 Å². The highest BCUT2D eigenvalue weighted by molar-refractivity contribution is 8.44. The Balaban J connectivity index is 1.07. The summed E-state index contributed by atoms with van der Waals surface area (Å²) in [6.07, 6.45) is -2.69. The number of halogens is 1. The lowest BCUT2D eigenvalue weighted by molar-refractivity contribution is -0.182. The van der Waals surface area contributed by atoms with Crippen molar-refractivity contribution in [3.8, 4) is 0 Å². The zero-order valence-electron chi connectivity index (χ0n) is 24.0. The van der Waals surface area contributed by atoms with Gasteiger partial charge >= 0.3 is 13.5 Å². The van der Waals surface area contributed by atoms with Crippen molar-refractivity contribution in [2.45, 2.75) is 48.6 Å². The third-order valence-electron chi connectivity index (χ3n) is 8.63. The first-order chi connectivity index (χ1) is 22.9. The van der Waals surface area contributed by atoms with Crippen LogP contribution in [0.5, 0.6) is 0 Å². The molecule has 0 saturated carbocycles. The zero-order chi connectivity index (χ0) is 33.2. The molecule has 10 atom stereocenters. The summed E-state index contributed by atoms with van der Waals surface area (Å²) in [5.74, 6) is 0.326. The van der Waals surface area contributed by atoms with Crippen LogP contribution in [0.3, 0.4) is 0 Å². The van der Waals surface area contributed by atoms with Gasteiger partial charge in [-0.15, -0.1) is 0 Å². The number of hydrogen-bond donors (Lipinski definition) is 4. The second-order valence-corrected chi connectivity index (χ2v) is 17.1. The standard InChI is InChI=1S/C23H23FN10O10P2S2/c24-10-9-3-39-45(36,47)44-15-14-21(33-7-29-11-16(25)27-6-28-17(11)33)42-23(15,4-38-14)5-40-46(37,48)43-13(10)20(41-9)34-8-30-12-18(34)31-22-26-1-2-32(22)19(12)35/h1-2,6-10,13-15,20-21H,3-5H2,(H,26,31)(H,36,47)(H,37,48)(H2,25,27,28)/t9-,10-,13-,14-,15+,20-,21-,23-,45?,46?/m1/s1. The van der Waals surface area contributed by atoms with Crippen LogP contribution in [0.25, 0.3) is 28.1 Å². The van der Waals surface area contributed by atoms with Crippen molar-refractivity contribution in [3.05, 3.63) is 41.7 Å². The second kappa shape index (κ2) is 10.8. The molecule has 254 valence electrons. The maximum atomic E-state index is 16.1. The van der Waals surface area contributed by atoms with Gasteiger partial charge in [0.2, 0.25) is 5.78 Å². The first-order valence-electron chi connectivity index (χ1n) is 14.2. The van der Waals surface area contributed by atoms with Crippen molar-refractivity contribution >= 4 is 71.5 Å². The topological polar surface area (TPSA) is 240 Å². The molecular weight excluding hydrogens is 721 g/mol. The molecule has 0 aliphatic carbocycles. The van der Waals surface area contributed by atoms with Crippen LogP contribution in [-0.4, -0.2) is 104 Å².